The first kappa shape index (κ1) is 15.5. The Bertz CT molecular complexity index is 716. The summed E-state index contributed by atoms with van der Waals surface area (Å²) >= 11 is 0. The number of amides is 2. The van der Waals surface area contributed by atoms with Gasteiger partial charge in [-0.2, -0.15) is 5.10 Å². The molecule has 1 N–H and O–H groups in total. The van der Waals surface area contributed by atoms with Gasteiger partial charge < -0.3 is 10.2 Å². The van der Waals surface area contributed by atoms with E-state index >= 15 is 0 Å². The van der Waals surface area contributed by atoms with E-state index in [4.69, 9.17) is 0 Å². The molecule has 0 aliphatic carbocycles. The molecule has 2 aromatic rings. The van der Waals surface area contributed by atoms with Gasteiger partial charge in [-0.05, 0) is 31.9 Å². The molecule has 3 rings (SSSR count). The van der Waals surface area contributed by atoms with Crippen LogP contribution in [0.2, 0.25) is 0 Å². The number of likely N-dealkylation sites (tertiary alicyclic amines) is 1. The third kappa shape index (κ3) is 3.70. The van der Waals surface area contributed by atoms with E-state index < -0.39 is 0 Å². The molecule has 1 aromatic heterocycles. The fraction of sp³-hybridized carbons (Fsp3) is 0.471. The highest BCUT2D eigenvalue weighted by molar-refractivity contribution is 5.85. The molecule has 1 aliphatic heterocycles. The number of nitrogens with zero attached hydrogens (tertiary/aromatic N) is 3. The van der Waals surface area contributed by atoms with E-state index in [1.54, 1.807) is 0 Å². The van der Waals surface area contributed by atoms with E-state index in [2.05, 4.69) is 16.5 Å². The lowest BCUT2D eigenvalue weighted by atomic mass is 10.2. The molecular formula is C17H22N4O2. The minimum absolute atomic E-state index is 0.0101. The lowest BCUT2D eigenvalue weighted by molar-refractivity contribution is -0.132. The molecule has 0 radical (unpaired) electrons. The largest absolute Gasteiger partial charge is 0.347 e. The van der Waals surface area contributed by atoms with Crippen LogP contribution in [-0.2, 0) is 16.1 Å². The maximum absolute atomic E-state index is 11.9. The molecule has 1 aliphatic rings. The molecular weight excluding hydrogens is 292 g/mol. The standard InChI is InChI=1S/C17H22N4O2/c1-13-4-5-15-14(10-13)11-19-21(15)9-6-16(22)18-12-17(23)20-7-2-3-8-20/h4-5,10-11H,2-3,6-9,12H2,1H3,(H,18,22). The summed E-state index contributed by atoms with van der Waals surface area (Å²) in [6, 6.07) is 6.13. The molecule has 122 valence electrons. The summed E-state index contributed by atoms with van der Waals surface area (Å²) in [5, 5.41) is 8.11. The van der Waals surface area contributed by atoms with Crippen molar-refractivity contribution in [3.05, 3.63) is 30.0 Å². The Hall–Kier alpha value is -2.37. The van der Waals surface area contributed by atoms with Gasteiger partial charge in [-0.1, -0.05) is 11.6 Å². The van der Waals surface area contributed by atoms with E-state index in [0.29, 0.717) is 13.0 Å². The summed E-state index contributed by atoms with van der Waals surface area (Å²) in [5.74, 6) is -0.107. The second-order valence-corrected chi connectivity index (χ2v) is 6.04. The van der Waals surface area contributed by atoms with Gasteiger partial charge >= 0.3 is 0 Å². The van der Waals surface area contributed by atoms with E-state index in [9.17, 15) is 9.59 Å². The molecule has 6 heteroatoms. The van der Waals surface area contributed by atoms with Crippen LogP contribution in [0.4, 0.5) is 0 Å². The topological polar surface area (TPSA) is 67.2 Å². The molecule has 0 bridgehead atoms. The second-order valence-electron chi connectivity index (χ2n) is 6.04. The molecule has 0 atom stereocenters. The summed E-state index contributed by atoms with van der Waals surface area (Å²) < 4.78 is 1.83. The van der Waals surface area contributed by atoms with Crippen molar-refractivity contribution in [2.75, 3.05) is 19.6 Å². The van der Waals surface area contributed by atoms with Gasteiger partial charge in [-0.15, -0.1) is 0 Å². The van der Waals surface area contributed by atoms with Crippen LogP contribution in [-0.4, -0.2) is 46.1 Å². The molecule has 1 saturated heterocycles. The Kier molecular flexibility index (Phi) is 4.60. The summed E-state index contributed by atoms with van der Waals surface area (Å²) in [6.07, 6.45) is 4.26. The minimum atomic E-state index is -0.117. The number of hydrogen-bond acceptors (Lipinski definition) is 3. The van der Waals surface area contributed by atoms with Crippen molar-refractivity contribution in [3.63, 3.8) is 0 Å². The Morgan fingerprint density at radius 1 is 1.26 bits per heavy atom. The van der Waals surface area contributed by atoms with Gasteiger partial charge in [0, 0.05) is 24.9 Å². The predicted octanol–water partition coefficient (Wildman–Crippen LogP) is 1.47. The lowest BCUT2D eigenvalue weighted by Crippen LogP contribution is -2.38. The summed E-state index contributed by atoms with van der Waals surface area (Å²) in [7, 11) is 0. The molecule has 0 saturated carbocycles. The third-order valence-electron chi connectivity index (χ3n) is 4.24. The Labute approximate surface area is 135 Å². The summed E-state index contributed by atoms with van der Waals surface area (Å²) in [6.45, 7) is 4.27. The molecule has 1 aromatic carbocycles. The molecule has 0 unspecified atom stereocenters. The van der Waals surface area contributed by atoms with Crippen molar-refractivity contribution in [1.29, 1.82) is 0 Å². The zero-order valence-electron chi connectivity index (χ0n) is 13.4. The molecule has 0 spiro atoms. The summed E-state index contributed by atoms with van der Waals surface area (Å²) in [4.78, 5) is 25.6. The number of fused-ring (bicyclic) bond motifs is 1. The van der Waals surface area contributed by atoms with Gasteiger partial charge in [0.25, 0.3) is 0 Å². The highest BCUT2D eigenvalue weighted by atomic mass is 16.2. The van der Waals surface area contributed by atoms with Crippen molar-refractivity contribution < 1.29 is 9.59 Å². The zero-order valence-corrected chi connectivity index (χ0v) is 13.4. The van der Waals surface area contributed by atoms with Crippen LogP contribution in [0.5, 0.6) is 0 Å². The van der Waals surface area contributed by atoms with Gasteiger partial charge in [-0.25, -0.2) is 0 Å². The average Bonchev–Trinajstić information content (AvgIpc) is 3.20. The quantitative estimate of drug-likeness (QED) is 0.909. The highest BCUT2D eigenvalue weighted by Gasteiger charge is 2.18. The van der Waals surface area contributed by atoms with Crippen LogP contribution >= 0.6 is 0 Å². The Morgan fingerprint density at radius 2 is 2.04 bits per heavy atom. The first-order valence-electron chi connectivity index (χ1n) is 8.10. The van der Waals surface area contributed by atoms with Crippen molar-refractivity contribution >= 4 is 22.7 Å². The van der Waals surface area contributed by atoms with Gasteiger partial charge in [0.05, 0.1) is 24.8 Å². The van der Waals surface area contributed by atoms with E-state index in [1.165, 1.54) is 5.56 Å². The molecule has 2 heterocycles. The van der Waals surface area contributed by atoms with Crippen molar-refractivity contribution in [1.82, 2.24) is 20.0 Å². The van der Waals surface area contributed by atoms with E-state index in [0.717, 1.165) is 36.8 Å². The van der Waals surface area contributed by atoms with Crippen LogP contribution in [0, 0.1) is 6.92 Å². The van der Waals surface area contributed by atoms with Crippen LogP contribution in [0.15, 0.2) is 24.4 Å². The fourth-order valence-corrected chi connectivity index (χ4v) is 2.93. The van der Waals surface area contributed by atoms with Crippen molar-refractivity contribution in [3.8, 4) is 0 Å². The van der Waals surface area contributed by atoms with Gasteiger partial charge in [-0.3, -0.25) is 14.3 Å². The highest BCUT2D eigenvalue weighted by Crippen LogP contribution is 2.15. The molecule has 2 amide bonds. The smallest absolute Gasteiger partial charge is 0.241 e. The van der Waals surface area contributed by atoms with Crippen LogP contribution in [0.25, 0.3) is 10.9 Å². The van der Waals surface area contributed by atoms with Crippen molar-refractivity contribution in [2.45, 2.75) is 32.7 Å². The van der Waals surface area contributed by atoms with Gasteiger partial charge in [0.1, 0.15) is 0 Å². The zero-order chi connectivity index (χ0) is 16.2. The Morgan fingerprint density at radius 3 is 2.83 bits per heavy atom. The van der Waals surface area contributed by atoms with Gasteiger partial charge in [0.2, 0.25) is 11.8 Å². The number of carbonyl (C=O) groups is 2. The van der Waals surface area contributed by atoms with Crippen LogP contribution < -0.4 is 5.32 Å². The number of hydrogen-bond donors (Lipinski definition) is 1. The normalized spacial score (nSPS) is 14.4. The second kappa shape index (κ2) is 6.81. The van der Waals surface area contributed by atoms with Gasteiger partial charge in [0.15, 0.2) is 0 Å². The monoisotopic (exact) mass is 314 g/mol. The Balaban J connectivity index is 1.49. The maximum atomic E-state index is 11.9. The third-order valence-corrected chi connectivity index (χ3v) is 4.24. The first-order valence-corrected chi connectivity index (χ1v) is 8.10. The molecule has 23 heavy (non-hydrogen) atoms. The van der Waals surface area contributed by atoms with Crippen molar-refractivity contribution in [2.24, 2.45) is 0 Å². The first-order chi connectivity index (χ1) is 11.1. The van der Waals surface area contributed by atoms with Crippen LogP contribution in [0.3, 0.4) is 0 Å². The summed E-state index contributed by atoms with van der Waals surface area (Å²) in [5.41, 5.74) is 2.21. The number of nitrogens with one attached hydrogen (secondary N) is 1. The van der Waals surface area contributed by atoms with E-state index in [1.807, 2.05) is 34.8 Å². The van der Waals surface area contributed by atoms with E-state index in [-0.39, 0.29) is 18.4 Å². The lowest BCUT2D eigenvalue weighted by Gasteiger charge is -2.15. The fourth-order valence-electron chi connectivity index (χ4n) is 2.93. The molecule has 1 fully saturated rings. The number of benzene rings is 1. The number of rotatable bonds is 5. The van der Waals surface area contributed by atoms with Crippen LogP contribution in [0.1, 0.15) is 24.8 Å². The predicted molar refractivity (Wildman–Crippen MR) is 87.9 cm³/mol. The number of aryl methyl sites for hydroxylation is 2. The number of carbonyl (C=O) groups excluding carboxylic acids is 2. The molecule has 6 nitrogen and oxygen atoms in total. The number of aromatic nitrogens is 2. The maximum Gasteiger partial charge on any atom is 0.241 e. The minimum Gasteiger partial charge on any atom is -0.347 e. The average molecular weight is 314 g/mol. The SMILES string of the molecule is Cc1ccc2c(cnn2CCC(=O)NCC(=O)N2CCCC2)c1.